The van der Waals surface area contributed by atoms with Gasteiger partial charge in [-0.1, -0.05) is 0 Å². The van der Waals surface area contributed by atoms with Crippen LogP contribution in [0, 0.1) is 0 Å². The second kappa shape index (κ2) is 4.46. The number of sulfonamides is 1. The summed E-state index contributed by atoms with van der Waals surface area (Å²) < 4.78 is 26.8. The molecule has 108 valence electrons. The minimum absolute atomic E-state index is 0.336. The van der Waals surface area contributed by atoms with Crippen molar-refractivity contribution < 1.29 is 8.42 Å². The molecular formula is C13H18N4O2S. The summed E-state index contributed by atoms with van der Waals surface area (Å²) in [5.41, 5.74) is 8.77. The highest BCUT2D eigenvalue weighted by molar-refractivity contribution is 7.92. The van der Waals surface area contributed by atoms with Crippen molar-refractivity contribution in [1.82, 2.24) is 9.38 Å². The lowest BCUT2D eigenvalue weighted by molar-refractivity contribution is 0.600. The molecule has 20 heavy (non-hydrogen) atoms. The first-order valence-electron chi connectivity index (χ1n) is 6.55. The van der Waals surface area contributed by atoms with Crippen LogP contribution in [-0.4, -0.2) is 31.1 Å². The lowest BCUT2D eigenvalue weighted by Gasteiger charge is -2.18. The maximum atomic E-state index is 11.8. The van der Waals surface area contributed by atoms with Crippen molar-refractivity contribution in [1.29, 1.82) is 0 Å². The fourth-order valence-corrected chi connectivity index (χ4v) is 2.79. The average Bonchev–Trinajstić information content (AvgIpc) is 3.15. The quantitative estimate of drug-likeness (QED) is 0.914. The molecule has 3 rings (SSSR count). The van der Waals surface area contributed by atoms with Crippen LogP contribution in [0.15, 0.2) is 18.5 Å². The van der Waals surface area contributed by atoms with E-state index in [9.17, 15) is 8.42 Å². The number of nitrogens with two attached hydrogens (primary N) is 1. The van der Waals surface area contributed by atoms with Gasteiger partial charge in [-0.15, -0.1) is 0 Å². The van der Waals surface area contributed by atoms with Gasteiger partial charge in [-0.25, -0.2) is 13.4 Å². The first-order chi connectivity index (χ1) is 9.40. The zero-order valence-corrected chi connectivity index (χ0v) is 12.4. The highest BCUT2D eigenvalue weighted by Gasteiger charge is 2.26. The Morgan fingerprint density at radius 2 is 2.15 bits per heavy atom. The Kier molecular flexibility index (Phi) is 2.98. The molecule has 0 radical (unpaired) electrons. The lowest BCUT2D eigenvalue weighted by atomic mass is 10.2. The Balaban J connectivity index is 2.23. The first kappa shape index (κ1) is 13.4. The van der Waals surface area contributed by atoms with Crippen molar-refractivity contribution in [2.45, 2.75) is 25.3 Å². The minimum atomic E-state index is -3.32. The molecule has 1 fully saturated rings. The van der Waals surface area contributed by atoms with Gasteiger partial charge in [0.25, 0.3) is 0 Å². The van der Waals surface area contributed by atoms with Crippen LogP contribution in [0.2, 0.25) is 0 Å². The van der Waals surface area contributed by atoms with Crippen LogP contribution in [0.4, 0.5) is 5.69 Å². The molecule has 1 aliphatic rings. The van der Waals surface area contributed by atoms with E-state index in [1.807, 2.05) is 22.9 Å². The number of fused-ring (bicyclic) bond motifs is 1. The predicted molar refractivity (Wildman–Crippen MR) is 78.3 cm³/mol. The van der Waals surface area contributed by atoms with Gasteiger partial charge in [0, 0.05) is 26.0 Å². The molecule has 2 heterocycles. The van der Waals surface area contributed by atoms with Gasteiger partial charge in [-0.3, -0.25) is 4.31 Å². The fourth-order valence-electron chi connectivity index (χ4n) is 2.30. The number of hydrogen-bond acceptors (Lipinski definition) is 4. The Hall–Kier alpha value is -1.60. The fraction of sp³-hybridized carbons (Fsp3) is 0.462. The minimum Gasteiger partial charge on any atom is -0.325 e. The molecule has 6 nitrogen and oxygen atoms in total. The topological polar surface area (TPSA) is 80.7 Å². The Morgan fingerprint density at radius 3 is 2.70 bits per heavy atom. The van der Waals surface area contributed by atoms with Gasteiger partial charge in [0.2, 0.25) is 10.0 Å². The Labute approximate surface area is 118 Å². The van der Waals surface area contributed by atoms with Gasteiger partial charge in [-0.05, 0) is 30.4 Å². The van der Waals surface area contributed by atoms with Crippen LogP contribution in [0.1, 0.15) is 30.0 Å². The highest BCUT2D eigenvalue weighted by atomic mass is 32.2. The molecule has 0 unspecified atom stereocenters. The third-order valence-electron chi connectivity index (χ3n) is 3.70. The van der Waals surface area contributed by atoms with Crippen LogP contribution >= 0.6 is 0 Å². The van der Waals surface area contributed by atoms with E-state index in [1.165, 1.54) is 10.6 Å². The molecule has 0 aliphatic heterocycles. The molecule has 0 amide bonds. The number of aromatic nitrogens is 2. The van der Waals surface area contributed by atoms with Crippen LogP contribution < -0.4 is 10.0 Å². The predicted octanol–water partition coefficient (Wildman–Crippen LogP) is 1.07. The number of nitrogens with zero attached hydrogens (tertiary/aromatic N) is 3. The first-order valence-corrected chi connectivity index (χ1v) is 8.40. The summed E-state index contributed by atoms with van der Waals surface area (Å²) in [5, 5.41) is 0. The second-order valence-corrected chi connectivity index (χ2v) is 7.34. The standard InChI is InChI=1S/C13H18N4O2S/c1-16(20(2,18)19)12-5-10(9-3-4-9)7-17-8-11(6-14)15-13(12)17/h5,7-9H,3-4,6,14H2,1-2H3. The van der Waals surface area contributed by atoms with Crippen molar-refractivity contribution in [3.63, 3.8) is 0 Å². The molecule has 0 atom stereocenters. The van der Waals surface area contributed by atoms with Gasteiger partial charge in [0.1, 0.15) is 0 Å². The molecule has 0 bridgehead atoms. The van der Waals surface area contributed by atoms with Crippen molar-refractivity contribution in [3.8, 4) is 0 Å². The smallest absolute Gasteiger partial charge is 0.232 e. The summed E-state index contributed by atoms with van der Waals surface area (Å²) in [4.78, 5) is 4.42. The molecule has 1 saturated carbocycles. The number of imidazole rings is 1. The number of rotatable bonds is 4. The van der Waals surface area contributed by atoms with Gasteiger partial charge < -0.3 is 10.1 Å². The summed E-state index contributed by atoms with van der Waals surface area (Å²) in [6.45, 7) is 0.336. The third-order valence-corrected chi connectivity index (χ3v) is 4.89. The summed E-state index contributed by atoms with van der Waals surface area (Å²) in [6.07, 6.45) is 7.40. The summed E-state index contributed by atoms with van der Waals surface area (Å²) in [6, 6.07) is 1.93. The molecule has 0 spiro atoms. The zero-order valence-electron chi connectivity index (χ0n) is 11.6. The molecule has 2 N–H and O–H groups in total. The molecule has 0 saturated heterocycles. The van der Waals surface area contributed by atoms with E-state index in [0.29, 0.717) is 23.8 Å². The van der Waals surface area contributed by atoms with Gasteiger partial charge in [0.15, 0.2) is 5.65 Å². The summed E-state index contributed by atoms with van der Waals surface area (Å²) >= 11 is 0. The van der Waals surface area contributed by atoms with Gasteiger partial charge >= 0.3 is 0 Å². The van der Waals surface area contributed by atoms with E-state index in [2.05, 4.69) is 4.98 Å². The van der Waals surface area contributed by atoms with Crippen molar-refractivity contribution in [2.24, 2.45) is 5.73 Å². The second-order valence-electron chi connectivity index (χ2n) is 5.33. The number of hydrogen-bond donors (Lipinski definition) is 1. The van der Waals surface area contributed by atoms with Crippen molar-refractivity contribution >= 4 is 21.4 Å². The van der Waals surface area contributed by atoms with E-state index < -0.39 is 10.0 Å². The Morgan fingerprint density at radius 1 is 1.45 bits per heavy atom. The lowest BCUT2D eigenvalue weighted by Crippen LogP contribution is -2.25. The normalized spacial score (nSPS) is 15.8. The van der Waals surface area contributed by atoms with E-state index in [1.54, 1.807) is 7.05 Å². The van der Waals surface area contributed by atoms with E-state index in [-0.39, 0.29) is 0 Å². The van der Waals surface area contributed by atoms with Crippen LogP contribution in [0.25, 0.3) is 5.65 Å². The molecule has 1 aliphatic carbocycles. The maximum absolute atomic E-state index is 11.8. The Bertz CT molecular complexity index is 762. The van der Waals surface area contributed by atoms with Gasteiger partial charge in [-0.2, -0.15) is 0 Å². The maximum Gasteiger partial charge on any atom is 0.232 e. The van der Waals surface area contributed by atoms with E-state index in [4.69, 9.17) is 5.73 Å². The summed E-state index contributed by atoms with van der Waals surface area (Å²) in [5.74, 6) is 0.537. The highest BCUT2D eigenvalue weighted by Crippen LogP contribution is 2.41. The van der Waals surface area contributed by atoms with Crippen molar-refractivity contribution in [3.05, 3.63) is 29.7 Å². The molecule has 7 heteroatoms. The number of anilines is 1. The van der Waals surface area contributed by atoms with Crippen molar-refractivity contribution in [2.75, 3.05) is 17.6 Å². The van der Waals surface area contributed by atoms with Crippen LogP contribution in [0.5, 0.6) is 0 Å². The zero-order chi connectivity index (χ0) is 14.5. The van der Waals surface area contributed by atoms with E-state index >= 15 is 0 Å². The number of pyridine rings is 1. The monoisotopic (exact) mass is 294 g/mol. The SMILES string of the molecule is CN(c1cc(C2CC2)cn2cc(CN)nc12)S(C)(=O)=O. The molecule has 2 aromatic rings. The van der Waals surface area contributed by atoms with Gasteiger partial charge in [0.05, 0.1) is 17.6 Å². The van der Waals surface area contributed by atoms with Crippen LogP contribution in [0.3, 0.4) is 0 Å². The molecule has 0 aromatic carbocycles. The summed E-state index contributed by atoms with van der Waals surface area (Å²) in [7, 11) is -1.76. The molecule has 2 aromatic heterocycles. The largest absolute Gasteiger partial charge is 0.325 e. The molecular weight excluding hydrogens is 276 g/mol. The third kappa shape index (κ3) is 2.27. The average molecular weight is 294 g/mol. The van der Waals surface area contributed by atoms with Crippen LogP contribution in [-0.2, 0) is 16.6 Å². The van der Waals surface area contributed by atoms with E-state index in [0.717, 1.165) is 24.1 Å².